The van der Waals surface area contributed by atoms with Crippen LogP contribution >= 0.6 is 0 Å². The van der Waals surface area contributed by atoms with Crippen LogP contribution in [0.2, 0.25) is 0 Å². The first-order chi connectivity index (χ1) is 10.6. The van der Waals surface area contributed by atoms with Crippen molar-refractivity contribution in [2.45, 2.75) is 24.9 Å². The molecular weight excluding hydrogens is 282 g/mol. The molecule has 1 fully saturated rings. The fraction of sp³-hybridized carbons (Fsp3) is 0.267. The molecule has 1 unspecified atom stereocenters. The number of allylic oxidation sites excluding steroid dienone is 1. The van der Waals surface area contributed by atoms with Crippen molar-refractivity contribution in [3.05, 3.63) is 36.1 Å². The highest BCUT2D eigenvalue weighted by atomic mass is 16.3. The van der Waals surface area contributed by atoms with Gasteiger partial charge >= 0.3 is 0 Å². The predicted octanol–water partition coefficient (Wildman–Crippen LogP) is 0.888. The number of nitrogens with zero attached hydrogens (tertiary/aromatic N) is 4. The summed E-state index contributed by atoms with van der Waals surface area (Å²) in [7, 11) is 0. The Bertz CT molecular complexity index is 803. The van der Waals surface area contributed by atoms with E-state index in [-0.39, 0.29) is 4.70 Å². The van der Waals surface area contributed by atoms with E-state index < -0.39 is 5.60 Å². The number of rotatable bonds is 1. The highest BCUT2D eigenvalue weighted by molar-refractivity contribution is 6.31. The lowest BCUT2D eigenvalue weighted by atomic mass is 9.81. The largest absolute Gasteiger partial charge is 0.461 e. The van der Waals surface area contributed by atoms with E-state index in [9.17, 15) is 5.11 Å². The SMILES string of the molecule is N[N+]12C=C(C#CC3(O)CCC3)N=CC1=NC(c1ccco1)=N2. The third-order valence-electron chi connectivity index (χ3n) is 3.83. The maximum Gasteiger partial charge on any atom is 0.300 e. The molecule has 0 amide bonds. The predicted molar refractivity (Wildman–Crippen MR) is 80.3 cm³/mol. The molecule has 3 heterocycles. The Balaban J connectivity index is 1.65. The van der Waals surface area contributed by atoms with Gasteiger partial charge in [0, 0.05) is 0 Å². The van der Waals surface area contributed by atoms with E-state index in [2.05, 4.69) is 26.9 Å². The van der Waals surface area contributed by atoms with Crippen LogP contribution in [0, 0.1) is 11.8 Å². The topological polar surface area (TPSA) is 96.5 Å². The van der Waals surface area contributed by atoms with Crippen molar-refractivity contribution in [1.82, 2.24) is 0 Å². The molecule has 0 spiro atoms. The van der Waals surface area contributed by atoms with E-state index in [1.54, 1.807) is 24.6 Å². The molecule has 110 valence electrons. The van der Waals surface area contributed by atoms with Crippen molar-refractivity contribution in [2.24, 2.45) is 20.9 Å². The molecule has 1 aromatic heterocycles. The van der Waals surface area contributed by atoms with Gasteiger partial charge in [-0.25, -0.2) is 4.99 Å². The lowest BCUT2D eigenvalue weighted by Gasteiger charge is -2.30. The molecule has 22 heavy (non-hydrogen) atoms. The molecule has 1 aliphatic carbocycles. The molecule has 2 aliphatic heterocycles. The van der Waals surface area contributed by atoms with Gasteiger partial charge < -0.3 is 9.52 Å². The maximum absolute atomic E-state index is 10.0. The van der Waals surface area contributed by atoms with Crippen LogP contribution in [0.1, 0.15) is 25.0 Å². The van der Waals surface area contributed by atoms with Crippen LogP contribution in [0.4, 0.5) is 0 Å². The Kier molecular flexibility index (Phi) is 2.68. The standard InChI is InChI=1S/C15H14N5O2/c16-20-10-11(4-7-15(21)5-2-6-15)17-9-13(20)18-14(19-20)12-3-1-8-22-12/h1,3,8-10,21H,2,5-6,16H2/q+1. The van der Waals surface area contributed by atoms with Crippen molar-refractivity contribution < 1.29 is 14.2 Å². The van der Waals surface area contributed by atoms with E-state index >= 15 is 0 Å². The molecule has 0 saturated heterocycles. The summed E-state index contributed by atoms with van der Waals surface area (Å²) in [5.41, 5.74) is -0.413. The lowest BCUT2D eigenvalue weighted by Crippen LogP contribution is -2.50. The summed E-state index contributed by atoms with van der Waals surface area (Å²) in [5, 5.41) is 14.4. The molecule has 0 radical (unpaired) electrons. The monoisotopic (exact) mass is 296 g/mol. The summed E-state index contributed by atoms with van der Waals surface area (Å²) < 4.78 is 4.93. The van der Waals surface area contributed by atoms with Crippen LogP contribution in [-0.2, 0) is 0 Å². The highest BCUT2D eigenvalue weighted by Gasteiger charge is 2.40. The van der Waals surface area contributed by atoms with E-state index in [1.807, 2.05) is 0 Å². The molecule has 7 heteroatoms. The molecular formula is C15H14N5O2+. The van der Waals surface area contributed by atoms with Crippen molar-refractivity contribution in [3.63, 3.8) is 0 Å². The first-order valence-electron chi connectivity index (χ1n) is 7.00. The summed E-state index contributed by atoms with van der Waals surface area (Å²) in [6.45, 7) is 0. The number of hydrogen-bond donors (Lipinski definition) is 2. The van der Waals surface area contributed by atoms with Gasteiger partial charge in [-0.15, -0.1) is 5.84 Å². The number of fused-ring (bicyclic) bond motifs is 1. The van der Waals surface area contributed by atoms with Gasteiger partial charge in [-0.3, -0.25) is 0 Å². The second-order valence-corrected chi connectivity index (χ2v) is 5.52. The van der Waals surface area contributed by atoms with E-state index in [4.69, 9.17) is 10.3 Å². The highest BCUT2D eigenvalue weighted by Crippen LogP contribution is 2.30. The Morgan fingerprint density at radius 3 is 2.95 bits per heavy atom. The summed E-state index contributed by atoms with van der Waals surface area (Å²) in [6.07, 6.45) is 7.09. The fourth-order valence-electron chi connectivity index (χ4n) is 2.37. The number of nitrogens with two attached hydrogens (primary N) is 1. The third-order valence-corrected chi connectivity index (χ3v) is 3.83. The van der Waals surface area contributed by atoms with E-state index in [0.29, 0.717) is 36.0 Å². The van der Waals surface area contributed by atoms with Crippen LogP contribution in [0.15, 0.2) is 49.8 Å². The molecule has 3 N–H and O–H groups in total. The van der Waals surface area contributed by atoms with Crippen molar-refractivity contribution in [3.8, 4) is 11.8 Å². The van der Waals surface area contributed by atoms with Crippen LogP contribution in [-0.4, -0.2) is 33.3 Å². The molecule has 4 rings (SSSR count). The average molecular weight is 296 g/mol. The molecule has 0 bridgehead atoms. The molecule has 1 saturated carbocycles. The number of amidine groups is 2. The molecule has 0 aromatic carbocycles. The lowest BCUT2D eigenvalue weighted by molar-refractivity contribution is -0.803. The van der Waals surface area contributed by atoms with Gasteiger partial charge in [0.25, 0.3) is 11.7 Å². The third kappa shape index (κ3) is 2.10. The Labute approximate surface area is 126 Å². The summed E-state index contributed by atoms with van der Waals surface area (Å²) in [4.78, 5) is 8.54. The molecule has 1 aromatic rings. The van der Waals surface area contributed by atoms with Gasteiger partial charge in [0.05, 0.1) is 6.26 Å². The average Bonchev–Trinajstić information content (AvgIpc) is 3.08. The quantitative estimate of drug-likeness (QED) is 0.457. The summed E-state index contributed by atoms with van der Waals surface area (Å²) >= 11 is 0. The molecule has 1 atom stereocenters. The number of hydrogen-bond acceptors (Lipinski definition) is 6. The first kappa shape index (κ1) is 13.2. The number of aliphatic imine (C=N–C) groups is 2. The Morgan fingerprint density at radius 2 is 2.27 bits per heavy atom. The second-order valence-electron chi connectivity index (χ2n) is 5.52. The zero-order valence-corrected chi connectivity index (χ0v) is 11.7. The summed E-state index contributed by atoms with van der Waals surface area (Å²) in [6, 6.07) is 3.53. The minimum absolute atomic E-state index is 0.345. The Morgan fingerprint density at radius 1 is 1.41 bits per heavy atom. The van der Waals surface area contributed by atoms with Gasteiger partial charge in [0.1, 0.15) is 11.8 Å². The number of quaternary nitrogens is 1. The zero-order valence-electron chi connectivity index (χ0n) is 11.7. The van der Waals surface area contributed by atoms with Gasteiger partial charge in [-0.1, -0.05) is 5.92 Å². The van der Waals surface area contributed by atoms with E-state index in [1.165, 1.54) is 6.21 Å². The minimum atomic E-state index is -0.877. The van der Waals surface area contributed by atoms with Gasteiger partial charge in [-0.2, -0.15) is 4.99 Å². The smallest absolute Gasteiger partial charge is 0.300 e. The van der Waals surface area contributed by atoms with Crippen molar-refractivity contribution in [2.75, 3.05) is 0 Å². The van der Waals surface area contributed by atoms with Crippen LogP contribution < -0.4 is 5.84 Å². The first-order valence-corrected chi connectivity index (χ1v) is 7.00. The van der Waals surface area contributed by atoms with E-state index in [0.717, 1.165) is 6.42 Å². The summed E-state index contributed by atoms with van der Waals surface area (Å²) in [5.74, 6) is 13.4. The van der Waals surface area contributed by atoms with Crippen LogP contribution in [0.5, 0.6) is 0 Å². The Hall–Kier alpha value is -2.53. The number of furan rings is 1. The molecule has 3 aliphatic rings. The zero-order chi connectivity index (χ0) is 15.2. The van der Waals surface area contributed by atoms with Crippen molar-refractivity contribution in [1.29, 1.82) is 0 Å². The molecule has 7 nitrogen and oxygen atoms in total. The van der Waals surface area contributed by atoms with Gasteiger partial charge in [0.15, 0.2) is 17.7 Å². The van der Waals surface area contributed by atoms with Crippen molar-refractivity contribution >= 4 is 17.9 Å². The van der Waals surface area contributed by atoms with Gasteiger partial charge in [0.2, 0.25) is 0 Å². The number of aliphatic hydroxyl groups is 1. The van der Waals surface area contributed by atoms with Crippen LogP contribution in [0.25, 0.3) is 0 Å². The fourth-order valence-corrected chi connectivity index (χ4v) is 2.37. The maximum atomic E-state index is 10.0. The van der Waals surface area contributed by atoms with Crippen LogP contribution in [0.3, 0.4) is 0 Å². The normalized spacial score (nSPS) is 27.8. The second kappa shape index (κ2) is 4.48. The minimum Gasteiger partial charge on any atom is -0.461 e. The van der Waals surface area contributed by atoms with Gasteiger partial charge in [-0.05, 0) is 47.1 Å².